The molecule has 110 valence electrons. The summed E-state index contributed by atoms with van der Waals surface area (Å²) in [4.78, 5) is 11.5. The summed E-state index contributed by atoms with van der Waals surface area (Å²) in [6, 6.07) is 5.39. The Morgan fingerprint density at radius 1 is 1.41 bits per heavy atom. The molecule has 1 aromatic carbocycles. The number of nitriles is 1. The number of rotatable bonds is 2. The highest BCUT2D eigenvalue weighted by Crippen LogP contribution is 2.40. The van der Waals surface area contributed by atoms with Crippen molar-refractivity contribution in [2.45, 2.75) is 6.92 Å². The minimum absolute atomic E-state index is 0.0540. The Morgan fingerprint density at radius 2 is 2.23 bits per heavy atom. The summed E-state index contributed by atoms with van der Waals surface area (Å²) in [5.74, 6) is 1.11. The summed E-state index contributed by atoms with van der Waals surface area (Å²) in [6.07, 6.45) is 3.46. The van der Waals surface area contributed by atoms with Gasteiger partial charge in [-0.05, 0) is 36.3 Å². The molecule has 22 heavy (non-hydrogen) atoms. The van der Waals surface area contributed by atoms with Gasteiger partial charge in [0.25, 0.3) is 5.56 Å². The van der Waals surface area contributed by atoms with E-state index in [2.05, 4.69) is 10.2 Å². The van der Waals surface area contributed by atoms with Gasteiger partial charge in [-0.2, -0.15) is 10.4 Å². The standard InChI is InChI=1S/C15H10ClN3O3/c1-8-10(6-17)15(20)19-18-12(8)3-2-9-4-11(16)14-13(5-9)21-7-22-14/h2-5H,7H2,1H3,(H,19,20)/b3-2+. The van der Waals surface area contributed by atoms with E-state index in [9.17, 15) is 4.79 Å². The Balaban J connectivity index is 1.98. The summed E-state index contributed by atoms with van der Waals surface area (Å²) in [5, 5.41) is 15.7. The monoisotopic (exact) mass is 315 g/mol. The smallest absolute Gasteiger partial charge is 0.282 e. The molecule has 2 aromatic rings. The predicted octanol–water partition coefficient (Wildman–Crippen LogP) is 2.50. The van der Waals surface area contributed by atoms with Crippen LogP contribution < -0.4 is 15.0 Å². The van der Waals surface area contributed by atoms with E-state index in [0.29, 0.717) is 27.8 Å². The van der Waals surface area contributed by atoms with E-state index in [4.69, 9.17) is 26.3 Å². The Kier molecular flexibility index (Phi) is 3.57. The Bertz CT molecular complexity index is 881. The summed E-state index contributed by atoms with van der Waals surface area (Å²) < 4.78 is 10.5. The van der Waals surface area contributed by atoms with E-state index >= 15 is 0 Å². The molecule has 1 aliphatic heterocycles. The van der Waals surface area contributed by atoms with Gasteiger partial charge in [-0.1, -0.05) is 17.7 Å². The first kappa shape index (κ1) is 14.2. The second-order valence-electron chi connectivity index (χ2n) is 4.62. The molecule has 0 saturated heterocycles. The summed E-state index contributed by atoms with van der Waals surface area (Å²) >= 11 is 6.11. The van der Waals surface area contributed by atoms with Crippen LogP contribution in [0.4, 0.5) is 0 Å². The highest BCUT2D eigenvalue weighted by molar-refractivity contribution is 6.32. The molecule has 1 aromatic heterocycles. The van der Waals surface area contributed by atoms with Crippen molar-refractivity contribution in [3.05, 3.63) is 49.9 Å². The lowest BCUT2D eigenvalue weighted by molar-refractivity contribution is 0.174. The largest absolute Gasteiger partial charge is 0.454 e. The van der Waals surface area contributed by atoms with Gasteiger partial charge in [-0.3, -0.25) is 4.79 Å². The average Bonchev–Trinajstić information content (AvgIpc) is 2.96. The number of aromatic nitrogens is 2. The normalized spacial score (nSPS) is 12.6. The lowest BCUT2D eigenvalue weighted by Gasteiger charge is -2.02. The maximum atomic E-state index is 11.5. The maximum Gasteiger partial charge on any atom is 0.282 e. The van der Waals surface area contributed by atoms with Crippen molar-refractivity contribution in [2.24, 2.45) is 0 Å². The lowest BCUT2D eigenvalue weighted by Crippen LogP contribution is -2.15. The fraction of sp³-hybridized carbons (Fsp3) is 0.133. The van der Waals surface area contributed by atoms with Crippen LogP contribution in [0.5, 0.6) is 11.5 Å². The van der Waals surface area contributed by atoms with Crippen LogP contribution in [0.3, 0.4) is 0 Å². The third-order valence-electron chi connectivity index (χ3n) is 3.26. The van der Waals surface area contributed by atoms with E-state index in [1.807, 2.05) is 6.07 Å². The number of H-pyrrole nitrogens is 1. The number of fused-ring (bicyclic) bond motifs is 1. The molecule has 3 rings (SSSR count). The van der Waals surface area contributed by atoms with Gasteiger partial charge in [0.05, 0.1) is 10.7 Å². The second-order valence-corrected chi connectivity index (χ2v) is 5.03. The number of hydrogen-bond acceptors (Lipinski definition) is 5. The lowest BCUT2D eigenvalue weighted by atomic mass is 10.1. The molecule has 0 amide bonds. The van der Waals surface area contributed by atoms with Gasteiger partial charge in [-0.15, -0.1) is 0 Å². The molecule has 0 unspecified atom stereocenters. The van der Waals surface area contributed by atoms with Gasteiger partial charge < -0.3 is 9.47 Å². The number of benzene rings is 1. The molecule has 0 bridgehead atoms. The maximum absolute atomic E-state index is 11.5. The molecule has 0 spiro atoms. The predicted molar refractivity (Wildman–Crippen MR) is 80.8 cm³/mol. The molecule has 7 heteroatoms. The zero-order chi connectivity index (χ0) is 15.7. The second kappa shape index (κ2) is 5.54. The molecule has 2 heterocycles. The van der Waals surface area contributed by atoms with Crippen LogP contribution in [0.1, 0.15) is 22.4 Å². The molecule has 6 nitrogen and oxygen atoms in total. The quantitative estimate of drug-likeness (QED) is 0.920. The van der Waals surface area contributed by atoms with Crippen molar-refractivity contribution in [3.63, 3.8) is 0 Å². The topological polar surface area (TPSA) is 88.0 Å². The van der Waals surface area contributed by atoms with Crippen LogP contribution in [-0.2, 0) is 0 Å². The van der Waals surface area contributed by atoms with Gasteiger partial charge in [0, 0.05) is 0 Å². The minimum atomic E-state index is -0.497. The van der Waals surface area contributed by atoms with E-state index in [1.165, 1.54) is 0 Å². The molecule has 0 aliphatic carbocycles. The fourth-order valence-corrected chi connectivity index (χ4v) is 2.38. The van der Waals surface area contributed by atoms with E-state index < -0.39 is 5.56 Å². The third kappa shape index (κ3) is 2.43. The third-order valence-corrected chi connectivity index (χ3v) is 3.54. The van der Waals surface area contributed by atoms with Crippen LogP contribution in [0.25, 0.3) is 12.2 Å². The first-order valence-electron chi connectivity index (χ1n) is 6.36. The van der Waals surface area contributed by atoms with Crippen LogP contribution in [0, 0.1) is 18.3 Å². The van der Waals surface area contributed by atoms with E-state index in [-0.39, 0.29) is 12.4 Å². The van der Waals surface area contributed by atoms with Crippen molar-refractivity contribution >= 4 is 23.8 Å². The minimum Gasteiger partial charge on any atom is -0.454 e. The van der Waals surface area contributed by atoms with E-state index in [0.717, 1.165) is 5.56 Å². The van der Waals surface area contributed by atoms with Gasteiger partial charge >= 0.3 is 0 Å². The molecule has 1 aliphatic rings. The Morgan fingerprint density at radius 3 is 3.00 bits per heavy atom. The number of aromatic amines is 1. The van der Waals surface area contributed by atoms with Gasteiger partial charge in [-0.25, -0.2) is 5.10 Å². The van der Waals surface area contributed by atoms with Crippen molar-refractivity contribution < 1.29 is 9.47 Å². The van der Waals surface area contributed by atoms with Gasteiger partial charge in [0.15, 0.2) is 11.5 Å². The average molecular weight is 316 g/mol. The molecular weight excluding hydrogens is 306 g/mol. The SMILES string of the molecule is Cc1c(/C=C/c2cc(Cl)c3c(c2)OCO3)n[nH]c(=O)c1C#N. The zero-order valence-corrected chi connectivity index (χ0v) is 12.3. The molecular formula is C15H10ClN3O3. The van der Waals surface area contributed by atoms with E-state index in [1.54, 1.807) is 31.2 Å². The first-order valence-corrected chi connectivity index (χ1v) is 6.74. The number of ether oxygens (including phenoxy) is 2. The molecule has 0 radical (unpaired) electrons. The highest BCUT2D eigenvalue weighted by atomic mass is 35.5. The van der Waals surface area contributed by atoms with Crippen LogP contribution >= 0.6 is 11.6 Å². The number of nitrogens with zero attached hydrogens (tertiary/aromatic N) is 2. The summed E-state index contributed by atoms with van der Waals surface area (Å²) in [7, 11) is 0. The highest BCUT2D eigenvalue weighted by Gasteiger charge is 2.17. The number of hydrogen-bond donors (Lipinski definition) is 1. The van der Waals surface area contributed by atoms with Crippen LogP contribution in [0.2, 0.25) is 5.02 Å². The zero-order valence-electron chi connectivity index (χ0n) is 11.5. The van der Waals surface area contributed by atoms with Crippen molar-refractivity contribution in [3.8, 4) is 17.6 Å². The molecule has 0 atom stereocenters. The summed E-state index contributed by atoms with van der Waals surface area (Å²) in [5.41, 5.74) is 1.38. The van der Waals surface area contributed by atoms with Crippen LogP contribution in [0.15, 0.2) is 16.9 Å². The van der Waals surface area contributed by atoms with Crippen molar-refractivity contribution in [1.82, 2.24) is 10.2 Å². The number of halogens is 1. The fourth-order valence-electron chi connectivity index (χ4n) is 2.10. The Hall–Kier alpha value is -2.78. The summed E-state index contributed by atoms with van der Waals surface area (Å²) in [6.45, 7) is 1.82. The number of nitrogens with one attached hydrogen (secondary N) is 1. The molecule has 1 N–H and O–H groups in total. The van der Waals surface area contributed by atoms with Gasteiger partial charge in [0.2, 0.25) is 6.79 Å². The molecule has 0 saturated carbocycles. The van der Waals surface area contributed by atoms with Crippen molar-refractivity contribution in [1.29, 1.82) is 5.26 Å². The molecule has 0 fully saturated rings. The van der Waals surface area contributed by atoms with Crippen LogP contribution in [-0.4, -0.2) is 17.0 Å². The first-order chi connectivity index (χ1) is 10.6. The van der Waals surface area contributed by atoms with Gasteiger partial charge in [0.1, 0.15) is 11.6 Å². The Labute approximate surface area is 130 Å². The van der Waals surface area contributed by atoms with Crippen molar-refractivity contribution in [2.75, 3.05) is 6.79 Å².